The van der Waals surface area contributed by atoms with Gasteiger partial charge in [-0.25, -0.2) is 4.79 Å². The van der Waals surface area contributed by atoms with Crippen molar-refractivity contribution in [2.45, 2.75) is 19.8 Å². The Morgan fingerprint density at radius 3 is 2.69 bits per heavy atom. The van der Waals surface area contributed by atoms with Crippen LogP contribution in [0.2, 0.25) is 0 Å². The largest absolute Gasteiger partial charge is 0.449 e. The molecule has 0 fully saturated rings. The molecular weight excluding hydrogens is 202 g/mol. The zero-order chi connectivity index (χ0) is 11.8. The number of nitrogens with one attached hydrogen (secondary N) is 1. The maximum Gasteiger partial charge on any atom is 0.411 e. The van der Waals surface area contributed by atoms with Crippen LogP contribution in [0.1, 0.15) is 25.3 Å². The zero-order valence-electron chi connectivity index (χ0n) is 9.53. The summed E-state index contributed by atoms with van der Waals surface area (Å²) >= 11 is 0. The molecule has 1 aromatic carbocycles. The van der Waals surface area contributed by atoms with Crippen molar-refractivity contribution >= 4 is 17.9 Å². The molecule has 0 spiro atoms. The molecule has 1 amide bonds. The van der Waals surface area contributed by atoms with Crippen LogP contribution in [0.3, 0.4) is 0 Å². The summed E-state index contributed by atoms with van der Waals surface area (Å²) in [4.78, 5) is 11.3. The summed E-state index contributed by atoms with van der Waals surface area (Å²) in [5.74, 6) is 0. The molecule has 86 valence electrons. The van der Waals surface area contributed by atoms with Gasteiger partial charge in [0.1, 0.15) is 0 Å². The Morgan fingerprint density at radius 2 is 2.12 bits per heavy atom. The van der Waals surface area contributed by atoms with Gasteiger partial charge in [0.05, 0.1) is 6.61 Å². The van der Waals surface area contributed by atoms with Gasteiger partial charge >= 0.3 is 6.09 Å². The van der Waals surface area contributed by atoms with Crippen LogP contribution >= 0.6 is 0 Å². The SMILES string of the molecule is C=Cc1ccc(NC(=O)OCCCC)cc1. The minimum atomic E-state index is -0.403. The fourth-order valence-corrected chi connectivity index (χ4v) is 1.17. The van der Waals surface area contributed by atoms with Gasteiger partial charge in [-0.2, -0.15) is 0 Å². The number of anilines is 1. The summed E-state index contributed by atoms with van der Waals surface area (Å²) in [6.07, 6.45) is 3.26. The number of unbranched alkanes of at least 4 members (excludes halogenated alkanes) is 1. The lowest BCUT2D eigenvalue weighted by Crippen LogP contribution is -2.14. The zero-order valence-corrected chi connectivity index (χ0v) is 9.53. The van der Waals surface area contributed by atoms with E-state index >= 15 is 0 Å². The van der Waals surface area contributed by atoms with Crippen LogP contribution in [0.15, 0.2) is 30.8 Å². The molecule has 0 radical (unpaired) electrons. The molecule has 0 atom stereocenters. The van der Waals surface area contributed by atoms with E-state index in [2.05, 4.69) is 18.8 Å². The van der Waals surface area contributed by atoms with E-state index in [1.54, 1.807) is 6.08 Å². The van der Waals surface area contributed by atoms with Crippen molar-refractivity contribution in [3.05, 3.63) is 36.4 Å². The molecule has 0 saturated heterocycles. The van der Waals surface area contributed by atoms with Crippen LogP contribution in [0.5, 0.6) is 0 Å². The number of carbonyl (C=O) groups excluding carboxylic acids is 1. The highest BCUT2D eigenvalue weighted by molar-refractivity contribution is 5.84. The fraction of sp³-hybridized carbons (Fsp3) is 0.308. The van der Waals surface area contributed by atoms with E-state index in [0.29, 0.717) is 6.61 Å². The van der Waals surface area contributed by atoms with Crippen molar-refractivity contribution in [1.29, 1.82) is 0 Å². The number of amides is 1. The number of hydrogen-bond acceptors (Lipinski definition) is 2. The molecular formula is C13H17NO2. The van der Waals surface area contributed by atoms with Crippen LogP contribution in [0.4, 0.5) is 10.5 Å². The summed E-state index contributed by atoms with van der Waals surface area (Å²) < 4.78 is 4.97. The van der Waals surface area contributed by atoms with Crippen molar-refractivity contribution in [2.24, 2.45) is 0 Å². The second-order valence-corrected chi connectivity index (χ2v) is 3.44. The molecule has 0 aliphatic carbocycles. The first-order chi connectivity index (χ1) is 7.76. The number of carbonyl (C=O) groups is 1. The summed E-state index contributed by atoms with van der Waals surface area (Å²) in [5, 5.41) is 2.66. The van der Waals surface area contributed by atoms with Crippen LogP contribution in [0.25, 0.3) is 6.08 Å². The lowest BCUT2D eigenvalue weighted by atomic mass is 10.2. The third kappa shape index (κ3) is 4.17. The van der Waals surface area contributed by atoms with Crippen LogP contribution in [-0.2, 0) is 4.74 Å². The second kappa shape index (κ2) is 6.67. The Bertz CT molecular complexity index is 343. The van der Waals surface area contributed by atoms with E-state index in [4.69, 9.17) is 4.74 Å². The third-order valence-electron chi connectivity index (χ3n) is 2.12. The van der Waals surface area contributed by atoms with E-state index in [0.717, 1.165) is 24.1 Å². The van der Waals surface area contributed by atoms with E-state index in [1.165, 1.54) is 0 Å². The van der Waals surface area contributed by atoms with Crippen molar-refractivity contribution in [1.82, 2.24) is 0 Å². The van der Waals surface area contributed by atoms with E-state index in [-0.39, 0.29) is 0 Å². The highest BCUT2D eigenvalue weighted by atomic mass is 16.5. The van der Waals surface area contributed by atoms with Gasteiger partial charge in [-0.05, 0) is 24.1 Å². The first-order valence-corrected chi connectivity index (χ1v) is 5.42. The van der Waals surface area contributed by atoms with Gasteiger partial charge in [0, 0.05) is 5.69 Å². The van der Waals surface area contributed by atoms with Crippen molar-refractivity contribution in [3.8, 4) is 0 Å². The van der Waals surface area contributed by atoms with Gasteiger partial charge in [0.2, 0.25) is 0 Å². The Labute approximate surface area is 96.1 Å². The van der Waals surface area contributed by atoms with Crippen molar-refractivity contribution in [3.63, 3.8) is 0 Å². The topological polar surface area (TPSA) is 38.3 Å². The second-order valence-electron chi connectivity index (χ2n) is 3.44. The molecule has 1 aromatic rings. The minimum Gasteiger partial charge on any atom is -0.449 e. The molecule has 16 heavy (non-hydrogen) atoms. The highest BCUT2D eigenvalue weighted by Crippen LogP contribution is 2.10. The molecule has 3 heteroatoms. The predicted octanol–water partition coefficient (Wildman–Crippen LogP) is 3.68. The van der Waals surface area contributed by atoms with Crippen molar-refractivity contribution in [2.75, 3.05) is 11.9 Å². The lowest BCUT2D eigenvalue weighted by molar-refractivity contribution is 0.160. The van der Waals surface area contributed by atoms with Gasteiger partial charge in [0.25, 0.3) is 0 Å². The molecule has 3 nitrogen and oxygen atoms in total. The van der Waals surface area contributed by atoms with Crippen LogP contribution < -0.4 is 5.32 Å². The van der Waals surface area contributed by atoms with E-state index < -0.39 is 6.09 Å². The first kappa shape index (κ1) is 12.3. The summed E-state index contributed by atoms with van der Waals surface area (Å²) in [5.41, 5.74) is 1.75. The maximum atomic E-state index is 11.3. The number of benzene rings is 1. The number of hydrogen-bond donors (Lipinski definition) is 1. The molecule has 1 N–H and O–H groups in total. The molecule has 0 heterocycles. The van der Waals surface area contributed by atoms with Gasteiger partial charge in [-0.15, -0.1) is 0 Å². The minimum absolute atomic E-state index is 0.403. The number of ether oxygens (including phenoxy) is 1. The monoisotopic (exact) mass is 219 g/mol. The average molecular weight is 219 g/mol. The Morgan fingerprint density at radius 1 is 1.44 bits per heavy atom. The van der Waals surface area contributed by atoms with Gasteiger partial charge in [-0.3, -0.25) is 5.32 Å². The molecule has 0 aliphatic heterocycles. The lowest BCUT2D eigenvalue weighted by Gasteiger charge is -2.06. The molecule has 0 bridgehead atoms. The standard InChI is InChI=1S/C13H17NO2/c1-3-5-10-16-13(15)14-12-8-6-11(4-2)7-9-12/h4,6-9H,2-3,5,10H2,1H3,(H,14,15). The molecule has 0 saturated carbocycles. The quantitative estimate of drug-likeness (QED) is 0.767. The van der Waals surface area contributed by atoms with E-state index in [9.17, 15) is 4.79 Å². The molecule has 0 aliphatic rings. The van der Waals surface area contributed by atoms with Gasteiger partial charge < -0.3 is 4.74 Å². The Hall–Kier alpha value is -1.77. The molecule has 0 aromatic heterocycles. The average Bonchev–Trinajstić information content (AvgIpc) is 2.30. The van der Waals surface area contributed by atoms with Crippen LogP contribution in [-0.4, -0.2) is 12.7 Å². The Balaban J connectivity index is 2.40. The van der Waals surface area contributed by atoms with Gasteiger partial charge in [-0.1, -0.05) is 38.1 Å². The van der Waals surface area contributed by atoms with Crippen molar-refractivity contribution < 1.29 is 9.53 Å². The predicted molar refractivity (Wildman–Crippen MR) is 66.4 cm³/mol. The smallest absolute Gasteiger partial charge is 0.411 e. The summed E-state index contributed by atoms with van der Waals surface area (Å²) in [6.45, 7) is 6.18. The fourth-order valence-electron chi connectivity index (χ4n) is 1.17. The third-order valence-corrected chi connectivity index (χ3v) is 2.12. The molecule has 1 rings (SSSR count). The van der Waals surface area contributed by atoms with Crippen LogP contribution in [0, 0.1) is 0 Å². The number of rotatable bonds is 5. The van der Waals surface area contributed by atoms with E-state index in [1.807, 2.05) is 24.3 Å². The normalized spacial score (nSPS) is 9.56. The summed E-state index contributed by atoms with van der Waals surface area (Å²) in [6, 6.07) is 7.40. The summed E-state index contributed by atoms with van der Waals surface area (Å²) in [7, 11) is 0. The van der Waals surface area contributed by atoms with Gasteiger partial charge in [0.15, 0.2) is 0 Å². The maximum absolute atomic E-state index is 11.3. The first-order valence-electron chi connectivity index (χ1n) is 5.42. The molecule has 0 unspecified atom stereocenters. The Kier molecular flexibility index (Phi) is 5.12. The highest BCUT2D eigenvalue weighted by Gasteiger charge is 2.01.